The van der Waals surface area contributed by atoms with Gasteiger partial charge >= 0.3 is 0 Å². The van der Waals surface area contributed by atoms with Crippen LogP contribution in [0.2, 0.25) is 0 Å². The molecule has 19 heavy (non-hydrogen) atoms. The highest BCUT2D eigenvalue weighted by Gasteiger charge is 2.35. The molecule has 1 aromatic rings. The standard InChI is InChI=1S/C13H19N3O3/c14-8-13(15,16-3-5-17-6-4-16)10-1-2-11-12(7-10)19-9-18-11/h1-2,7H,3-6,8-9,14-15H2. The fraction of sp³-hybridized carbons (Fsp3) is 0.538. The number of morpholine rings is 1. The number of nitrogens with two attached hydrogens (primary N) is 2. The summed E-state index contributed by atoms with van der Waals surface area (Å²) in [4.78, 5) is 2.16. The van der Waals surface area contributed by atoms with E-state index in [1.54, 1.807) is 0 Å². The Labute approximate surface area is 112 Å². The Morgan fingerprint density at radius 1 is 1.16 bits per heavy atom. The highest BCUT2D eigenvalue weighted by atomic mass is 16.7. The Bertz CT molecular complexity index is 462. The first-order valence-corrected chi connectivity index (χ1v) is 6.46. The lowest BCUT2D eigenvalue weighted by molar-refractivity contribution is -0.0200. The van der Waals surface area contributed by atoms with E-state index in [9.17, 15) is 0 Å². The number of ether oxygens (including phenoxy) is 3. The molecule has 1 aromatic carbocycles. The van der Waals surface area contributed by atoms with Crippen molar-refractivity contribution in [2.45, 2.75) is 5.66 Å². The molecular formula is C13H19N3O3. The van der Waals surface area contributed by atoms with E-state index in [2.05, 4.69) is 4.90 Å². The van der Waals surface area contributed by atoms with Gasteiger partial charge in [0, 0.05) is 19.6 Å². The molecule has 6 nitrogen and oxygen atoms in total. The molecule has 0 amide bonds. The molecule has 4 N–H and O–H groups in total. The minimum absolute atomic E-state index is 0.260. The van der Waals surface area contributed by atoms with Gasteiger partial charge in [-0.25, -0.2) is 0 Å². The molecule has 0 bridgehead atoms. The first-order valence-electron chi connectivity index (χ1n) is 6.46. The third kappa shape index (κ3) is 2.17. The highest BCUT2D eigenvalue weighted by Crippen LogP contribution is 2.36. The van der Waals surface area contributed by atoms with Gasteiger partial charge in [0.1, 0.15) is 5.66 Å². The van der Waals surface area contributed by atoms with Gasteiger partial charge in [-0.05, 0) is 17.7 Å². The van der Waals surface area contributed by atoms with E-state index < -0.39 is 5.66 Å². The predicted octanol–water partition coefficient (Wildman–Crippen LogP) is -0.182. The van der Waals surface area contributed by atoms with Crippen molar-refractivity contribution >= 4 is 0 Å². The monoisotopic (exact) mass is 265 g/mol. The third-order valence-electron chi connectivity index (χ3n) is 3.76. The summed E-state index contributed by atoms with van der Waals surface area (Å²) in [5.74, 6) is 1.49. The van der Waals surface area contributed by atoms with Crippen LogP contribution in [0.1, 0.15) is 5.56 Å². The normalized spacial score (nSPS) is 22.2. The van der Waals surface area contributed by atoms with Crippen LogP contribution < -0.4 is 20.9 Å². The molecule has 6 heteroatoms. The molecule has 0 radical (unpaired) electrons. The van der Waals surface area contributed by atoms with Crippen molar-refractivity contribution in [2.24, 2.45) is 11.5 Å². The van der Waals surface area contributed by atoms with E-state index in [4.69, 9.17) is 25.7 Å². The molecule has 3 rings (SSSR count). The van der Waals surface area contributed by atoms with Crippen LogP contribution in [0.3, 0.4) is 0 Å². The van der Waals surface area contributed by atoms with Crippen molar-refractivity contribution in [1.82, 2.24) is 4.90 Å². The maximum atomic E-state index is 6.54. The summed E-state index contributed by atoms with van der Waals surface area (Å²) in [6, 6.07) is 5.76. The van der Waals surface area contributed by atoms with Crippen LogP contribution in [-0.2, 0) is 10.4 Å². The molecule has 104 valence electrons. The molecule has 0 spiro atoms. The van der Waals surface area contributed by atoms with Gasteiger partial charge in [0.2, 0.25) is 6.79 Å². The van der Waals surface area contributed by atoms with Crippen LogP contribution in [0.15, 0.2) is 18.2 Å². The van der Waals surface area contributed by atoms with E-state index in [-0.39, 0.29) is 6.79 Å². The largest absolute Gasteiger partial charge is 0.454 e. The van der Waals surface area contributed by atoms with Gasteiger partial charge in [-0.3, -0.25) is 4.90 Å². The second-order valence-electron chi connectivity index (χ2n) is 4.80. The Morgan fingerprint density at radius 2 is 1.89 bits per heavy atom. The number of hydrogen-bond donors (Lipinski definition) is 2. The van der Waals surface area contributed by atoms with Crippen LogP contribution in [0.25, 0.3) is 0 Å². The van der Waals surface area contributed by atoms with E-state index in [0.29, 0.717) is 19.8 Å². The number of rotatable bonds is 3. The summed E-state index contributed by atoms with van der Waals surface area (Å²) >= 11 is 0. The van der Waals surface area contributed by atoms with Crippen molar-refractivity contribution in [3.8, 4) is 11.5 Å². The molecule has 2 aliphatic rings. The molecule has 1 saturated heterocycles. The first-order chi connectivity index (χ1) is 9.24. The van der Waals surface area contributed by atoms with Crippen molar-refractivity contribution in [2.75, 3.05) is 39.6 Å². The summed E-state index contributed by atoms with van der Waals surface area (Å²) in [5.41, 5.74) is 12.7. The van der Waals surface area contributed by atoms with Gasteiger partial charge in [-0.2, -0.15) is 0 Å². The smallest absolute Gasteiger partial charge is 0.231 e. The van der Waals surface area contributed by atoms with Gasteiger partial charge < -0.3 is 25.7 Å². The molecule has 2 aliphatic heterocycles. The van der Waals surface area contributed by atoms with E-state index in [1.807, 2.05) is 18.2 Å². The van der Waals surface area contributed by atoms with Crippen molar-refractivity contribution in [3.05, 3.63) is 23.8 Å². The van der Waals surface area contributed by atoms with Crippen LogP contribution in [-0.4, -0.2) is 44.5 Å². The summed E-state index contributed by atoms with van der Waals surface area (Å²) in [6.07, 6.45) is 0. The predicted molar refractivity (Wildman–Crippen MR) is 69.9 cm³/mol. The summed E-state index contributed by atoms with van der Waals surface area (Å²) < 4.78 is 16.1. The quantitative estimate of drug-likeness (QED) is 0.788. The maximum absolute atomic E-state index is 6.54. The van der Waals surface area contributed by atoms with Gasteiger partial charge in [-0.1, -0.05) is 6.07 Å². The maximum Gasteiger partial charge on any atom is 0.231 e. The van der Waals surface area contributed by atoms with Crippen molar-refractivity contribution < 1.29 is 14.2 Å². The molecule has 0 aliphatic carbocycles. The summed E-state index contributed by atoms with van der Waals surface area (Å²) in [5, 5.41) is 0. The van der Waals surface area contributed by atoms with Crippen LogP contribution in [0.4, 0.5) is 0 Å². The van der Waals surface area contributed by atoms with Crippen molar-refractivity contribution in [3.63, 3.8) is 0 Å². The Hall–Kier alpha value is -1.34. The molecule has 0 saturated carbocycles. The fourth-order valence-corrected chi connectivity index (χ4v) is 2.56. The number of fused-ring (bicyclic) bond motifs is 1. The molecule has 1 fully saturated rings. The zero-order valence-corrected chi connectivity index (χ0v) is 10.8. The topological polar surface area (TPSA) is 83.0 Å². The van der Waals surface area contributed by atoms with Gasteiger partial charge in [0.15, 0.2) is 11.5 Å². The lowest BCUT2D eigenvalue weighted by atomic mass is 9.97. The second kappa shape index (κ2) is 4.97. The fourth-order valence-electron chi connectivity index (χ4n) is 2.56. The molecular weight excluding hydrogens is 246 g/mol. The van der Waals surface area contributed by atoms with Crippen LogP contribution in [0.5, 0.6) is 11.5 Å². The highest BCUT2D eigenvalue weighted by molar-refractivity contribution is 5.46. The average molecular weight is 265 g/mol. The zero-order valence-electron chi connectivity index (χ0n) is 10.8. The van der Waals surface area contributed by atoms with Crippen LogP contribution in [0, 0.1) is 0 Å². The average Bonchev–Trinajstić information content (AvgIpc) is 2.94. The Balaban J connectivity index is 1.92. The number of hydrogen-bond acceptors (Lipinski definition) is 6. The zero-order chi connectivity index (χ0) is 13.3. The van der Waals surface area contributed by atoms with E-state index in [0.717, 1.165) is 30.2 Å². The van der Waals surface area contributed by atoms with E-state index >= 15 is 0 Å². The third-order valence-corrected chi connectivity index (χ3v) is 3.76. The Morgan fingerprint density at radius 3 is 2.63 bits per heavy atom. The number of nitrogens with zero attached hydrogens (tertiary/aromatic N) is 1. The van der Waals surface area contributed by atoms with Gasteiger partial charge in [0.05, 0.1) is 13.2 Å². The second-order valence-corrected chi connectivity index (χ2v) is 4.80. The lowest BCUT2D eigenvalue weighted by Crippen LogP contribution is -2.60. The van der Waals surface area contributed by atoms with Gasteiger partial charge in [-0.15, -0.1) is 0 Å². The molecule has 1 unspecified atom stereocenters. The summed E-state index contributed by atoms with van der Waals surface area (Å²) in [6.45, 7) is 3.53. The SMILES string of the molecule is NCC(N)(c1ccc2c(c1)OCO2)N1CCOCC1. The number of benzene rings is 1. The van der Waals surface area contributed by atoms with Crippen molar-refractivity contribution in [1.29, 1.82) is 0 Å². The molecule has 1 atom stereocenters. The minimum Gasteiger partial charge on any atom is -0.454 e. The van der Waals surface area contributed by atoms with Crippen LogP contribution >= 0.6 is 0 Å². The summed E-state index contributed by atoms with van der Waals surface area (Å²) in [7, 11) is 0. The molecule has 0 aromatic heterocycles. The first kappa shape index (κ1) is 12.7. The van der Waals surface area contributed by atoms with Gasteiger partial charge in [0.25, 0.3) is 0 Å². The molecule has 2 heterocycles. The van der Waals surface area contributed by atoms with E-state index in [1.165, 1.54) is 0 Å². The minimum atomic E-state index is -0.690. The lowest BCUT2D eigenvalue weighted by Gasteiger charge is -2.42. The Kier molecular flexibility index (Phi) is 3.32.